The zero-order valence-corrected chi connectivity index (χ0v) is 16.1. The Balaban J connectivity index is 1.75. The van der Waals surface area contributed by atoms with Gasteiger partial charge in [0.05, 0.1) is 0 Å². The predicted molar refractivity (Wildman–Crippen MR) is 105 cm³/mol. The highest BCUT2D eigenvalue weighted by Gasteiger charge is 2.17. The van der Waals surface area contributed by atoms with Crippen molar-refractivity contribution in [3.05, 3.63) is 46.2 Å². The van der Waals surface area contributed by atoms with E-state index in [1.54, 1.807) is 6.07 Å². The monoisotopic (exact) mass is 372 g/mol. The van der Waals surface area contributed by atoms with Crippen LogP contribution in [0, 0.1) is 13.8 Å². The molecule has 0 aliphatic heterocycles. The van der Waals surface area contributed by atoms with Gasteiger partial charge in [-0.1, -0.05) is 37.3 Å². The van der Waals surface area contributed by atoms with Gasteiger partial charge in [-0.05, 0) is 56.5 Å². The second-order valence-electron chi connectivity index (χ2n) is 6.96. The lowest BCUT2D eigenvalue weighted by molar-refractivity contribution is 0.0928. The molecular formula is C20H25ClN4O. The summed E-state index contributed by atoms with van der Waals surface area (Å²) >= 11 is 6.00. The number of rotatable bonds is 4. The maximum absolute atomic E-state index is 12.6. The van der Waals surface area contributed by atoms with E-state index in [0.717, 1.165) is 29.8 Å². The van der Waals surface area contributed by atoms with Crippen molar-refractivity contribution in [2.45, 2.75) is 58.4 Å². The molecule has 1 heterocycles. The van der Waals surface area contributed by atoms with E-state index in [0.29, 0.717) is 16.7 Å². The van der Waals surface area contributed by atoms with Crippen LogP contribution in [0.1, 0.15) is 60.3 Å². The van der Waals surface area contributed by atoms with Crippen molar-refractivity contribution in [2.24, 2.45) is 0 Å². The van der Waals surface area contributed by atoms with Gasteiger partial charge in [0.25, 0.3) is 5.91 Å². The Labute approximate surface area is 159 Å². The Morgan fingerprint density at radius 1 is 1.08 bits per heavy atom. The molecular weight excluding hydrogens is 348 g/mol. The van der Waals surface area contributed by atoms with E-state index < -0.39 is 0 Å². The van der Waals surface area contributed by atoms with Crippen LogP contribution in [0.25, 0.3) is 0 Å². The van der Waals surface area contributed by atoms with Crippen molar-refractivity contribution in [2.75, 3.05) is 5.32 Å². The highest BCUT2D eigenvalue weighted by atomic mass is 35.5. The fraction of sp³-hybridized carbons (Fsp3) is 0.450. The Morgan fingerprint density at radius 2 is 1.81 bits per heavy atom. The molecule has 0 spiro atoms. The number of hydrogen-bond donors (Lipinski definition) is 2. The molecule has 3 rings (SSSR count). The molecule has 1 saturated carbocycles. The van der Waals surface area contributed by atoms with E-state index >= 15 is 0 Å². The van der Waals surface area contributed by atoms with Gasteiger partial charge in [0.2, 0.25) is 5.95 Å². The largest absolute Gasteiger partial charge is 0.348 e. The summed E-state index contributed by atoms with van der Waals surface area (Å²) in [5, 5.41) is 7.01. The fourth-order valence-corrected chi connectivity index (χ4v) is 3.54. The lowest BCUT2D eigenvalue weighted by Gasteiger charge is -2.16. The highest BCUT2D eigenvalue weighted by molar-refractivity contribution is 6.30. The smallest absolute Gasteiger partial charge is 0.270 e. The number of amides is 1. The average Bonchev–Trinajstić information content (AvgIpc) is 2.85. The van der Waals surface area contributed by atoms with Crippen molar-refractivity contribution < 1.29 is 4.79 Å². The molecule has 1 amide bonds. The highest BCUT2D eigenvalue weighted by Crippen LogP contribution is 2.22. The van der Waals surface area contributed by atoms with Gasteiger partial charge in [-0.25, -0.2) is 9.97 Å². The molecule has 0 radical (unpaired) electrons. The molecule has 6 heteroatoms. The van der Waals surface area contributed by atoms with Crippen LogP contribution in [-0.2, 0) is 0 Å². The normalized spacial score (nSPS) is 15.3. The topological polar surface area (TPSA) is 66.9 Å². The molecule has 0 saturated heterocycles. The molecule has 2 aromatic rings. The second-order valence-corrected chi connectivity index (χ2v) is 7.40. The van der Waals surface area contributed by atoms with Crippen LogP contribution in [0.15, 0.2) is 24.3 Å². The molecule has 0 atom stereocenters. The van der Waals surface area contributed by atoms with E-state index in [2.05, 4.69) is 20.6 Å². The third kappa shape index (κ3) is 4.94. The molecule has 138 valence electrons. The van der Waals surface area contributed by atoms with E-state index in [1.165, 1.54) is 25.7 Å². The minimum absolute atomic E-state index is 0.127. The Morgan fingerprint density at radius 3 is 2.50 bits per heavy atom. The van der Waals surface area contributed by atoms with Crippen molar-refractivity contribution >= 4 is 29.1 Å². The summed E-state index contributed by atoms with van der Waals surface area (Å²) in [6.45, 7) is 3.83. The van der Waals surface area contributed by atoms with E-state index in [-0.39, 0.29) is 11.9 Å². The second kappa shape index (κ2) is 8.49. The Bertz CT molecular complexity index is 785. The summed E-state index contributed by atoms with van der Waals surface area (Å²) in [5.41, 5.74) is 3.01. The summed E-state index contributed by atoms with van der Waals surface area (Å²) in [7, 11) is 0. The number of carbonyl (C=O) groups is 1. The first-order valence-corrected chi connectivity index (χ1v) is 9.59. The summed E-state index contributed by atoms with van der Waals surface area (Å²) in [6.07, 6.45) is 6.96. The molecule has 0 unspecified atom stereocenters. The van der Waals surface area contributed by atoms with Crippen molar-refractivity contribution in [1.29, 1.82) is 0 Å². The van der Waals surface area contributed by atoms with Crippen molar-refractivity contribution in [1.82, 2.24) is 15.3 Å². The lowest BCUT2D eigenvalue weighted by Crippen LogP contribution is -2.35. The number of anilines is 2. The first kappa shape index (κ1) is 18.6. The molecule has 0 bridgehead atoms. The van der Waals surface area contributed by atoms with Gasteiger partial charge in [0.1, 0.15) is 5.69 Å². The van der Waals surface area contributed by atoms with E-state index in [9.17, 15) is 4.79 Å². The van der Waals surface area contributed by atoms with Crippen LogP contribution in [0.4, 0.5) is 11.6 Å². The van der Waals surface area contributed by atoms with Gasteiger partial charge in [-0.2, -0.15) is 0 Å². The Hall–Kier alpha value is -2.14. The third-order valence-corrected chi connectivity index (χ3v) is 4.95. The number of aryl methyl sites for hydroxylation is 2. The zero-order valence-electron chi connectivity index (χ0n) is 15.3. The van der Waals surface area contributed by atoms with Crippen LogP contribution in [0.5, 0.6) is 0 Å². The first-order chi connectivity index (χ1) is 12.5. The van der Waals surface area contributed by atoms with Gasteiger partial charge in [0.15, 0.2) is 0 Å². The third-order valence-electron chi connectivity index (χ3n) is 4.71. The minimum Gasteiger partial charge on any atom is -0.348 e. The standard InChI is InChI=1S/C20H25ClN4O/c1-13-11-15(21)9-10-17(13)24-20-22-14(2)12-18(25-20)19(26)23-16-7-5-3-4-6-8-16/h9-12,16H,3-8H2,1-2H3,(H,23,26)(H,22,24,25). The van der Waals surface area contributed by atoms with Gasteiger partial charge >= 0.3 is 0 Å². The SMILES string of the molecule is Cc1cc(C(=O)NC2CCCCCC2)nc(Nc2ccc(Cl)cc2C)n1. The van der Waals surface area contributed by atoms with E-state index in [4.69, 9.17) is 11.6 Å². The summed E-state index contributed by atoms with van der Waals surface area (Å²) in [4.78, 5) is 21.5. The molecule has 1 aliphatic rings. The van der Waals surface area contributed by atoms with Crippen LogP contribution < -0.4 is 10.6 Å². The number of carbonyl (C=O) groups excluding carboxylic acids is 1. The Kier molecular flexibility index (Phi) is 6.09. The van der Waals surface area contributed by atoms with Crippen molar-refractivity contribution in [3.63, 3.8) is 0 Å². The van der Waals surface area contributed by atoms with Crippen LogP contribution in [-0.4, -0.2) is 21.9 Å². The number of halogens is 1. The van der Waals surface area contributed by atoms with Crippen LogP contribution in [0.3, 0.4) is 0 Å². The van der Waals surface area contributed by atoms with Gasteiger partial charge in [-0.3, -0.25) is 4.79 Å². The molecule has 1 aromatic carbocycles. The number of hydrogen-bond acceptors (Lipinski definition) is 4. The molecule has 1 aliphatic carbocycles. The molecule has 1 fully saturated rings. The summed E-state index contributed by atoms with van der Waals surface area (Å²) < 4.78 is 0. The number of nitrogens with one attached hydrogen (secondary N) is 2. The minimum atomic E-state index is -0.127. The summed E-state index contributed by atoms with van der Waals surface area (Å²) in [5.74, 6) is 0.291. The number of nitrogens with zero attached hydrogens (tertiary/aromatic N) is 2. The van der Waals surface area contributed by atoms with Gasteiger partial charge in [-0.15, -0.1) is 0 Å². The molecule has 5 nitrogen and oxygen atoms in total. The molecule has 2 N–H and O–H groups in total. The number of aromatic nitrogens is 2. The lowest BCUT2D eigenvalue weighted by atomic mass is 10.1. The van der Waals surface area contributed by atoms with Crippen molar-refractivity contribution in [3.8, 4) is 0 Å². The van der Waals surface area contributed by atoms with Gasteiger partial charge in [0, 0.05) is 22.4 Å². The quantitative estimate of drug-likeness (QED) is 0.745. The first-order valence-electron chi connectivity index (χ1n) is 9.21. The average molecular weight is 373 g/mol. The molecule has 1 aromatic heterocycles. The maximum Gasteiger partial charge on any atom is 0.270 e. The zero-order chi connectivity index (χ0) is 18.5. The number of benzene rings is 1. The van der Waals surface area contributed by atoms with E-state index in [1.807, 2.05) is 32.0 Å². The van der Waals surface area contributed by atoms with Gasteiger partial charge < -0.3 is 10.6 Å². The van der Waals surface area contributed by atoms with Crippen LogP contribution >= 0.6 is 11.6 Å². The summed E-state index contributed by atoms with van der Waals surface area (Å²) in [6, 6.07) is 7.54. The molecule has 26 heavy (non-hydrogen) atoms. The fourth-order valence-electron chi connectivity index (χ4n) is 3.31. The predicted octanol–water partition coefficient (Wildman–Crippen LogP) is 4.94. The maximum atomic E-state index is 12.6. The van der Waals surface area contributed by atoms with Crippen LogP contribution in [0.2, 0.25) is 5.02 Å².